The summed E-state index contributed by atoms with van der Waals surface area (Å²) < 4.78 is 5.57. The molecule has 0 saturated heterocycles. The van der Waals surface area contributed by atoms with Crippen LogP contribution in [0, 0.1) is 13.1 Å². The molecule has 3 heteroatoms. The molecule has 0 aliphatic carbocycles. The normalized spacial score (nSPS) is 8.42. The molecule has 0 heterocycles. The van der Waals surface area contributed by atoms with Crippen LogP contribution < -0.4 is 4.74 Å². The molecule has 0 fully saturated rings. The van der Waals surface area contributed by atoms with Gasteiger partial charge in [-0.2, -0.15) is 0 Å². The van der Waals surface area contributed by atoms with Gasteiger partial charge in [0, 0.05) is 0 Å². The predicted octanol–water partition coefficient (Wildman–Crippen LogP) is 5.61. The minimum atomic E-state index is 0.313. The van der Waals surface area contributed by atoms with Crippen molar-refractivity contribution in [2.24, 2.45) is 0 Å². The SMILES string of the molecule is CC.[C-]#[N+]c1ccc(Oc2ccccc2)cc1[N+]#[C-]. The van der Waals surface area contributed by atoms with Crippen LogP contribution in [0.1, 0.15) is 13.8 Å². The fourth-order valence-electron chi connectivity index (χ4n) is 1.38. The topological polar surface area (TPSA) is 17.9 Å². The van der Waals surface area contributed by atoms with Crippen molar-refractivity contribution in [1.29, 1.82) is 0 Å². The van der Waals surface area contributed by atoms with Crippen LogP contribution in [0.4, 0.5) is 11.4 Å². The third-order valence-electron chi connectivity index (χ3n) is 2.17. The van der Waals surface area contributed by atoms with Gasteiger partial charge in [0.15, 0.2) is 11.4 Å². The molecule has 0 saturated carbocycles. The van der Waals surface area contributed by atoms with Gasteiger partial charge >= 0.3 is 0 Å². The van der Waals surface area contributed by atoms with Crippen LogP contribution in [0.25, 0.3) is 9.69 Å². The number of para-hydroxylation sites is 1. The summed E-state index contributed by atoms with van der Waals surface area (Å²) in [6.45, 7) is 17.9. The van der Waals surface area contributed by atoms with Crippen molar-refractivity contribution in [3.63, 3.8) is 0 Å². The summed E-state index contributed by atoms with van der Waals surface area (Å²) >= 11 is 0. The van der Waals surface area contributed by atoms with E-state index in [9.17, 15) is 0 Å². The Morgan fingerprint density at radius 2 is 1.42 bits per heavy atom. The van der Waals surface area contributed by atoms with Crippen molar-refractivity contribution in [2.75, 3.05) is 0 Å². The molecule has 0 aromatic heterocycles. The predicted molar refractivity (Wildman–Crippen MR) is 76.8 cm³/mol. The van der Waals surface area contributed by atoms with Gasteiger partial charge in [0.2, 0.25) is 0 Å². The van der Waals surface area contributed by atoms with Crippen LogP contribution >= 0.6 is 0 Å². The molecular formula is C16H14N2O. The first-order valence-electron chi connectivity index (χ1n) is 5.95. The Morgan fingerprint density at radius 3 is 2.00 bits per heavy atom. The first-order chi connectivity index (χ1) is 9.33. The van der Waals surface area contributed by atoms with Crippen LogP contribution in [0.2, 0.25) is 0 Å². The molecule has 0 aliphatic heterocycles. The summed E-state index contributed by atoms with van der Waals surface area (Å²) in [6.07, 6.45) is 0. The lowest BCUT2D eigenvalue weighted by Gasteiger charge is -2.06. The van der Waals surface area contributed by atoms with Crippen molar-refractivity contribution in [1.82, 2.24) is 0 Å². The van der Waals surface area contributed by atoms with E-state index < -0.39 is 0 Å². The molecule has 0 bridgehead atoms. The van der Waals surface area contributed by atoms with Gasteiger partial charge in [-0.25, -0.2) is 4.85 Å². The van der Waals surface area contributed by atoms with Crippen LogP contribution in [0.3, 0.4) is 0 Å². The van der Waals surface area contributed by atoms with Crippen LogP contribution in [-0.4, -0.2) is 0 Å². The fourth-order valence-corrected chi connectivity index (χ4v) is 1.38. The summed E-state index contributed by atoms with van der Waals surface area (Å²) in [5.41, 5.74) is 0.661. The average Bonchev–Trinajstić information content (AvgIpc) is 2.50. The Balaban J connectivity index is 0.000000861. The van der Waals surface area contributed by atoms with Gasteiger partial charge in [-0.15, -0.1) is 0 Å². The highest BCUT2D eigenvalue weighted by Crippen LogP contribution is 2.33. The minimum absolute atomic E-state index is 0.313. The molecule has 2 rings (SSSR count). The molecule has 19 heavy (non-hydrogen) atoms. The number of ether oxygens (including phenoxy) is 1. The Bertz CT molecular complexity index is 607. The number of hydrogen-bond donors (Lipinski definition) is 0. The maximum atomic E-state index is 6.99. The highest BCUT2D eigenvalue weighted by atomic mass is 16.5. The molecular weight excluding hydrogens is 236 g/mol. The first-order valence-corrected chi connectivity index (χ1v) is 5.95. The van der Waals surface area contributed by atoms with E-state index in [1.165, 1.54) is 0 Å². The monoisotopic (exact) mass is 250 g/mol. The van der Waals surface area contributed by atoms with Gasteiger partial charge < -0.3 is 4.74 Å². The van der Waals surface area contributed by atoms with E-state index in [1.54, 1.807) is 18.2 Å². The quantitative estimate of drug-likeness (QED) is 0.634. The van der Waals surface area contributed by atoms with Crippen molar-refractivity contribution < 1.29 is 4.74 Å². The summed E-state index contributed by atoms with van der Waals surface area (Å²) in [7, 11) is 0. The molecule has 0 amide bonds. The number of rotatable bonds is 2. The second kappa shape index (κ2) is 7.53. The standard InChI is InChI=1S/C14H8N2O.C2H6/c1-15-13-9-8-12(10-14(13)16-2)17-11-6-4-3-5-7-11;1-2/h3-10H;1-2H3. The molecule has 2 aromatic rings. The zero-order valence-corrected chi connectivity index (χ0v) is 10.9. The largest absolute Gasteiger partial charge is 0.459 e. The fraction of sp³-hybridized carbons (Fsp3) is 0.125. The molecule has 0 unspecified atom stereocenters. The first kappa shape index (κ1) is 14.3. The van der Waals surface area contributed by atoms with E-state index in [4.69, 9.17) is 17.9 Å². The van der Waals surface area contributed by atoms with Gasteiger partial charge in [-0.05, 0) is 24.3 Å². The summed E-state index contributed by atoms with van der Waals surface area (Å²) in [5.74, 6) is 1.27. The van der Waals surface area contributed by atoms with E-state index in [2.05, 4.69) is 9.69 Å². The van der Waals surface area contributed by atoms with Crippen LogP contribution in [0.15, 0.2) is 48.5 Å². The highest BCUT2D eigenvalue weighted by molar-refractivity contribution is 5.72. The van der Waals surface area contributed by atoms with Gasteiger partial charge in [0.25, 0.3) is 0 Å². The number of benzene rings is 2. The van der Waals surface area contributed by atoms with Crippen molar-refractivity contribution in [3.05, 3.63) is 71.4 Å². The smallest absolute Gasteiger partial charge is 0.198 e. The molecule has 2 aromatic carbocycles. The van der Waals surface area contributed by atoms with Crippen molar-refractivity contribution in [2.45, 2.75) is 13.8 Å². The molecule has 0 radical (unpaired) electrons. The van der Waals surface area contributed by atoms with E-state index >= 15 is 0 Å². The second-order valence-electron chi connectivity index (χ2n) is 3.29. The summed E-state index contributed by atoms with van der Waals surface area (Å²) in [5, 5.41) is 0. The lowest BCUT2D eigenvalue weighted by molar-refractivity contribution is 0.483. The van der Waals surface area contributed by atoms with Crippen molar-refractivity contribution in [3.8, 4) is 11.5 Å². The average molecular weight is 250 g/mol. The lowest BCUT2D eigenvalue weighted by Crippen LogP contribution is -1.82. The maximum Gasteiger partial charge on any atom is 0.198 e. The van der Waals surface area contributed by atoms with Gasteiger partial charge in [-0.1, -0.05) is 38.1 Å². The zero-order chi connectivity index (χ0) is 14.1. The third-order valence-corrected chi connectivity index (χ3v) is 2.17. The van der Waals surface area contributed by atoms with E-state index in [0.29, 0.717) is 22.9 Å². The molecule has 0 atom stereocenters. The van der Waals surface area contributed by atoms with E-state index in [0.717, 1.165) is 0 Å². The second-order valence-corrected chi connectivity index (χ2v) is 3.29. The van der Waals surface area contributed by atoms with Gasteiger partial charge in [0.1, 0.15) is 11.5 Å². The lowest BCUT2D eigenvalue weighted by atomic mass is 10.2. The van der Waals surface area contributed by atoms with Crippen LogP contribution in [-0.2, 0) is 0 Å². The summed E-state index contributed by atoms with van der Waals surface area (Å²) in [4.78, 5) is 6.57. The Labute approximate surface area is 113 Å². The zero-order valence-electron chi connectivity index (χ0n) is 10.9. The Morgan fingerprint density at radius 1 is 0.789 bits per heavy atom. The van der Waals surface area contributed by atoms with Gasteiger partial charge in [-0.3, -0.25) is 4.85 Å². The minimum Gasteiger partial charge on any atom is -0.459 e. The van der Waals surface area contributed by atoms with E-state index in [1.807, 2.05) is 44.2 Å². The Hall–Kier alpha value is -2.78. The molecule has 0 aliphatic rings. The molecule has 0 N–H and O–H groups in total. The molecule has 3 nitrogen and oxygen atoms in total. The highest BCUT2D eigenvalue weighted by Gasteiger charge is 2.04. The summed E-state index contributed by atoms with van der Waals surface area (Å²) in [6, 6.07) is 14.2. The number of nitrogens with zero attached hydrogens (tertiary/aromatic N) is 2. The maximum absolute atomic E-state index is 6.99. The van der Waals surface area contributed by atoms with Crippen LogP contribution in [0.5, 0.6) is 11.5 Å². The van der Waals surface area contributed by atoms with E-state index in [-0.39, 0.29) is 0 Å². The molecule has 94 valence electrons. The number of hydrogen-bond acceptors (Lipinski definition) is 1. The van der Waals surface area contributed by atoms with Gasteiger partial charge in [0.05, 0.1) is 13.1 Å². The Kier molecular flexibility index (Phi) is 5.66. The van der Waals surface area contributed by atoms with Crippen molar-refractivity contribution >= 4 is 11.4 Å². The molecule has 0 spiro atoms. The third kappa shape index (κ3) is 3.87.